The number of ether oxygens (including phenoxy) is 2. The first-order valence-corrected chi connectivity index (χ1v) is 8.88. The Labute approximate surface area is 161 Å². The van der Waals surface area contributed by atoms with E-state index in [4.69, 9.17) is 25.5 Å². The molecule has 1 aromatic heterocycles. The number of nitrogens with one attached hydrogen (secondary N) is 1. The lowest BCUT2D eigenvalue weighted by Crippen LogP contribution is -2.17. The van der Waals surface area contributed by atoms with Gasteiger partial charge in [-0.15, -0.1) is 0 Å². The molecule has 0 bridgehead atoms. The maximum absolute atomic E-state index is 12.4. The highest BCUT2D eigenvalue weighted by atomic mass is 35.5. The highest BCUT2D eigenvalue weighted by Crippen LogP contribution is 2.33. The van der Waals surface area contributed by atoms with E-state index in [2.05, 4.69) is 10.3 Å². The third kappa shape index (κ3) is 3.75. The first kappa shape index (κ1) is 17.4. The number of aryl methyl sites for hydroxylation is 1. The van der Waals surface area contributed by atoms with Gasteiger partial charge in [-0.1, -0.05) is 23.7 Å². The summed E-state index contributed by atoms with van der Waals surface area (Å²) in [5, 5.41) is 3.39. The van der Waals surface area contributed by atoms with E-state index in [0.717, 1.165) is 0 Å². The third-order valence-electron chi connectivity index (χ3n) is 4.15. The fraction of sp³-hybridized carbons (Fsp3) is 0.200. The van der Waals surface area contributed by atoms with E-state index < -0.39 is 0 Å². The van der Waals surface area contributed by atoms with Crippen molar-refractivity contribution < 1.29 is 18.7 Å². The normalized spacial score (nSPS) is 12.7. The summed E-state index contributed by atoms with van der Waals surface area (Å²) in [6, 6.07) is 12.6. The molecule has 27 heavy (non-hydrogen) atoms. The number of hydrogen-bond donors (Lipinski definition) is 1. The van der Waals surface area contributed by atoms with Crippen molar-refractivity contribution in [1.29, 1.82) is 0 Å². The third-order valence-corrected chi connectivity index (χ3v) is 4.48. The Morgan fingerprint density at radius 3 is 2.74 bits per heavy atom. The van der Waals surface area contributed by atoms with Crippen LogP contribution in [0.25, 0.3) is 11.5 Å². The van der Waals surface area contributed by atoms with Crippen LogP contribution >= 0.6 is 11.6 Å². The summed E-state index contributed by atoms with van der Waals surface area (Å²) in [6.07, 6.45) is 0.0915. The molecule has 1 aliphatic heterocycles. The van der Waals surface area contributed by atoms with Crippen molar-refractivity contribution >= 4 is 23.2 Å². The molecule has 0 saturated carbocycles. The van der Waals surface area contributed by atoms with Crippen molar-refractivity contribution in [2.45, 2.75) is 13.3 Å². The molecule has 0 aliphatic carbocycles. The Balaban J connectivity index is 1.48. The number of amides is 1. The average molecular weight is 385 g/mol. The zero-order chi connectivity index (χ0) is 18.8. The second-order valence-corrected chi connectivity index (χ2v) is 6.49. The highest BCUT2D eigenvalue weighted by molar-refractivity contribution is 6.33. The van der Waals surface area contributed by atoms with Crippen molar-refractivity contribution in [2.24, 2.45) is 0 Å². The quantitative estimate of drug-likeness (QED) is 0.727. The Bertz CT molecular complexity index is 999. The van der Waals surface area contributed by atoms with Gasteiger partial charge in [-0.3, -0.25) is 4.79 Å². The highest BCUT2D eigenvalue weighted by Gasteiger charge is 2.17. The summed E-state index contributed by atoms with van der Waals surface area (Å²) in [5.74, 6) is 2.09. The van der Waals surface area contributed by atoms with Gasteiger partial charge in [0.2, 0.25) is 11.8 Å². The van der Waals surface area contributed by atoms with Crippen molar-refractivity contribution in [3.63, 3.8) is 0 Å². The van der Waals surface area contributed by atoms with Crippen LogP contribution in [0.5, 0.6) is 11.5 Å². The molecule has 138 valence electrons. The number of halogens is 1. The van der Waals surface area contributed by atoms with Gasteiger partial charge in [0.15, 0.2) is 11.5 Å². The summed E-state index contributed by atoms with van der Waals surface area (Å²) in [7, 11) is 0. The molecule has 7 heteroatoms. The van der Waals surface area contributed by atoms with Crippen LogP contribution in [0.4, 0.5) is 5.69 Å². The molecule has 6 nitrogen and oxygen atoms in total. The van der Waals surface area contributed by atoms with Gasteiger partial charge < -0.3 is 19.2 Å². The van der Waals surface area contributed by atoms with Gasteiger partial charge in [0, 0.05) is 11.8 Å². The predicted octanol–water partition coefficient (Wildman–Crippen LogP) is 4.26. The lowest BCUT2D eigenvalue weighted by Gasteiger charge is -2.18. The molecule has 1 aliphatic rings. The molecule has 0 spiro atoms. The van der Waals surface area contributed by atoms with Gasteiger partial charge in [-0.25, -0.2) is 4.98 Å². The second-order valence-electron chi connectivity index (χ2n) is 6.09. The maximum Gasteiger partial charge on any atom is 0.230 e. The molecule has 0 radical (unpaired) electrons. The van der Waals surface area contributed by atoms with Crippen LogP contribution in [-0.4, -0.2) is 24.1 Å². The minimum atomic E-state index is -0.200. The molecule has 1 N–H and O–H groups in total. The van der Waals surface area contributed by atoms with E-state index in [9.17, 15) is 4.79 Å². The van der Waals surface area contributed by atoms with Gasteiger partial charge >= 0.3 is 0 Å². The molecule has 2 aromatic carbocycles. The number of aromatic nitrogens is 1. The largest absolute Gasteiger partial charge is 0.486 e. The van der Waals surface area contributed by atoms with Crippen LogP contribution < -0.4 is 14.8 Å². The fourth-order valence-corrected chi connectivity index (χ4v) is 3.04. The molecular weight excluding hydrogens is 368 g/mol. The number of anilines is 1. The number of hydrogen-bond acceptors (Lipinski definition) is 5. The number of nitrogens with zero attached hydrogens (tertiary/aromatic N) is 1. The molecule has 2 heterocycles. The summed E-state index contributed by atoms with van der Waals surface area (Å²) < 4.78 is 16.7. The number of benzene rings is 2. The smallest absolute Gasteiger partial charge is 0.230 e. The first-order valence-electron chi connectivity index (χ1n) is 8.51. The lowest BCUT2D eigenvalue weighted by atomic mass is 10.2. The van der Waals surface area contributed by atoms with Gasteiger partial charge in [0.1, 0.15) is 19.0 Å². The minimum absolute atomic E-state index is 0.0915. The zero-order valence-corrected chi connectivity index (χ0v) is 15.4. The molecule has 1 amide bonds. The Hall–Kier alpha value is -2.99. The van der Waals surface area contributed by atoms with E-state index >= 15 is 0 Å². The van der Waals surface area contributed by atoms with Crippen molar-refractivity contribution in [3.8, 4) is 23.0 Å². The molecule has 0 unspecified atom stereocenters. The summed E-state index contributed by atoms with van der Waals surface area (Å²) in [5.41, 5.74) is 1.90. The van der Waals surface area contributed by atoms with E-state index in [-0.39, 0.29) is 12.3 Å². The van der Waals surface area contributed by atoms with Crippen LogP contribution in [0.15, 0.2) is 46.9 Å². The Morgan fingerprint density at radius 1 is 1.15 bits per heavy atom. The number of carbonyl (C=O) groups is 1. The Morgan fingerprint density at radius 2 is 1.93 bits per heavy atom. The number of oxazole rings is 1. The van der Waals surface area contributed by atoms with Crippen molar-refractivity contribution in [2.75, 3.05) is 18.5 Å². The van der Waals surface area contributed by atoms with Crippen LogP contribution in [0.1, 0.15) is 11.5 Å². The van der Waals surface area contributed by atoms with Gasteiger partial charge in [-0.05, 0) is 31.2 Å². The van der Waals surface area contributed by atoms with Gasteiger partial charge in [0.05, 0.1) is 22.7 Å². The second kappa shape index (κ2) is 7.32. The van der Waals surface area contributed by atoms with Crippen LogP contribution in [-0.2, 0) is 11.2 Å². The van der Waals surface area contributed by atoms with Gasteiger partial charge in [0.25, 0.3) is 0 Å². The number of fused-ring (bicyclic) bond motifs is 1. The molecule has 3 aromatic rings. The zero-order valence-electron chi connectivity index (χ0n) is 14.6. The Kier molecular flexibility index (Phi) is 4.73. The van der Waals surface area contributed by atoms with Crippen molar-refractivity contribution in [1.82, 2.24) is 4.98 Å². The monoisotopic (exact) mass is 384 g/mol. The summed E-state index contributed by atoms with van der Waals surface area (Å²) >= 11 is 6.19. The van der Waals surface area contributed by atoms with Gasteiger partial charge in [-0.2, -0.15) is 0 Å². The van der Waals surface area contributed by atoms with Crippen molar-refractivity contribution in [3.05, 3.63) is 58.9 Å². The molecule has 0 atom stereocenters. The lowest BCUT2D eigenvalue weighted by molar-refractivity contribution is -0.115. The topological polar surface area (TPSA) is 73.6 Å². The van der Waals surface area contributed by atoms with Crippen LogP contribution in [0, 0.1) is 6.92 Å². The SMILES string of the molecule is Cc1oc(-c2ccccc2Cl)nc1CC(=O)Nc1ccc2c(c1)OCCO2. The van der Waals surface area contributed by atoms with Crippen LogP contribution in [0.3, 0.4) is 0 Å². The van der Waals surface area contributed by atoms with E-state index in [0.29, 0.717) is 58.3 Å². The summed E-state index contributed by atoms with van der Waals surface area (Å²) in [4.78, 5) is 16.9. The number of rotatable bonds is 4. The first-order chi connectivity index (χ1) is 13.1. The minimum Gasteiger partial charge on any atom is -0.486 e. The number of carbonyl (C=O) groups excluding carboxylic acids is 1. The maximum atomic E-state index is 12.4. The fourth-order valence-electron chi connectivity index (χ4n) is 2.82. The molecule has 4 rings (SSSR count). The molecular formula is C20H17ClN2O4. The standard InChI is InChI=1S/C20H17ClN2O4/c1-12-16(23-20(27-12)14-4-2-3-5-15(14)21)11-19(24)22-13-6-7-17-18(10-13)26-9-8-25-17/h2-7,10H,8-9,11H2,1H3,(H,22,24). The van der Waals surface area contributed by atoms with E-state index in [1.54, 1.807) is 31.2 Å². The predicted molar refractivity (Wildman–Crippen MR) is 101 cm³/mol. The summed E-state index contributed by atoms with van der Waals surface area (Å²) in [6.45, 7) is 2.80. The van der Waals surface area contributed by atoms with E-state index in [1.807, 2.05) is 18.2 Å². The van der Waals surface area contributed by atoms with Crippen LogP contribution in [0.2, 0.25) is 5.02 Å². The molecule has 0 saturated heterocycles. The molecule has 0 fully saturated rings. The average Bonchev–Trinajstić information content (AvgIpc) is 3.02. The van der Waals surface area contributed by atoms with E-state index in [1.165, 1.54) is 0 Å².